The molecule has 3 aromatic rings. The van der Waals surface area contributed by atoms with Crippen LogP contribution < -0.4 is 0 Å². The van der Waals surface area contributed by atoms with Gasteiger partial charge in [-0.25, -0.2) is 0 Å². The predicted octanol–water partition coefficient (Wildman–Crippen LogP) is 5.22. The molecule has 0 aliphatic rings. The van der Waals surface area contributed by atoms with Gasteiger partial charge in [0.15, 0.2) is 0 Å². The first kappa shape index (κ1) is 13.5. The van der Waals surface area contributed by atoms with E-state index in [1.165, 1.54) is 27.4 Å². The van der Waals surface area contributed by atoms with Gasteiger partial charge in [0.2, 0.25) is 0 Å². The molecular weight excluding hydrogens is 254 g/mol. The molecule has 0 amide bonds. The van der Waals surface area contributed by atoms with E-state index >= 15 is 0 Å². The molecule has 1 nitrogen and oxygen atoms in total. The summed E-state index contributed by atoms with van der Waals surface area (Å²) in [5.41, 5.74) is 4.82. The molecule has 0 fully saturated rings. The Morgan fingerprint density at radius 1 is 1.10 bits per heavy atom. The summed E-state index contributed by atoms with van der Waals surface area (Å²) < 4.78 is 2.35. The van der Waals surface area contributed by atoms with Crippen LogP contribution >= 0.6 is 0 Å². The molecule has 0 N–H and O–H groups in total. The van der Waals surface area contributed by atoms with Crippen molar-refractivity contribution in [2.75, 3.05) is 0 Å². The van der Waals surface area contributed by atoms with Gasteiger partial charge in [-0.3, -0.25) is 0 Å². The van der Waals surface area contributed by atoms with Crippen LogP contribution in [0.5, 0.6) is 0 Å². The van der Waals surface area contributed by atoms with Crippen LogP contribution in [0.3, 0.4) is 0 Å². The quantitative estimate of drug-likeness (QED) is 0.445. The highest BCUT2D eigenvalue weighted by molar-refractivity contribution is 6.08. The SMILES string of the molecule is C=CC(C)n1c2cc(C)ccc2c2ccc(C#CC)cc21. The molecule has 1 aromatic heterocycles. The van der Waals surface area contributed by atoms with Crippen LogP contribution in [0, 0.1) is 18.8 Å². The van der Waals surface area contributed by atoms with Gasteiger partial charge in [-0.05, 0) is 44.5 Å². The Hall–Kier alpha value is -2.46. The van der Waals surface area contributed by atoms with Crippen LogP contribution in [-0.2, 0) is 0 Å². The first-order valence-electron chi connectivity index (χ1n) is 7.25. The number of rotatable bonds is 2. The van der Waals surface area contributed by atoms with Gasteiger partial charge in [0, 0.05) is 27.9 Å². The molecule has 21 heavy (non-hydrogen) atoms. The number of allylic oxidation sites excluding steroid dienone is 1. The van der Waals surface area contributed by atoms with E-state index in [2.05, 4.69) is 73.2 Å². The molecule has 1 atom stereocenters. The highest BCUT2D eigenvalue weighted by atomic mass is 15.0. The smallest absolute Gasteiger partial charge is 0.0509 e. The Balaban J connectivity index is 2.48. The number of fused-ring (bicyclic) bond motifs is 3. The second-order valence-electron chi connectivity index (χ2n) is 5.47. The van der Waals surface area contributed by atoms with Gasteiger partial charge in [-0.15, -0.1) is 12.5 Å². The molecule has 0 radical (unpaired) electrons. The fraction of sp³-hybridized carbons (Fsp3) is 0.200. The number of hydrogen-bond acceptors (Lipinski definition) is 0. The third kappa shape index (κ3) is 2.14. The summed E-state index contributed by atoms with van der Waals surface area (Å²) in [6.45, 7) is 10.1. The molecule has 0 saturated heterocycles. The zero-order valence-corrected chi connectivity index (χ0v) is 12.8. The van der Waals surface area contributed by atoms with Gasteiger partial charge in [0.25, 0.3) is 0 Å². The molecule has 1 heterocycles. The Morgan fingerprint density at radius 2 is 1.76 bits per heavy atom. The van der Waals surface area contributed by atoms with E-state index in [9.17, 15) is 0 Å². The Kier molecular flexibility index (Phi) is 3.31. The number of aryl methyl sites for hydroxylation is 1. The van der Waals surface area contributed by atoms with Gasteiger partial charge in [-0.1, -0.05) is 30.2 Å². The van der Waals surface area contributed by atoms with Crippen molar-refractivity contribution in [3.05, 3.63) is 60.2 Å². The molecule has 0 aliphatic heterocycles. The molecule has 3 rings (SSSR count). The Labute approximate surface area is 125 Å². The fourth-order valence-electron chi connectivity index (χ4n) is 2.92. The second kappa shape index (κ2) is 5.14. The monoisotopic (exact) mass is 273 g/mol. The third-order valence-electron chi connectivity index (χ3n) is 3.98. The predicted molar refractivity (Wildman–Crippen MR) is 91.6 cm³/mol. The average molecular weight is 273 g/mol. The minimum atomic E-state index is 0.247. The van der Waals surface area contributed by atoms with Crippen molar-refractivity contribution in [2.24, 2.45) is 0 Å². The molecule has 104 valence electrons. The maximum Gasteiger partial charge on any atom is 0.0509 e. The van der Waals surface area contributed by atoms with Gasteiger partial charge < -0.3 is 4.57 Å². The molecule has 0 bridgehead atoms. The summed E-state index contributed by atoms with van der Waals surface area (Å²) in [5, 5.41) is 2.57. The van der Waals surface area contributed by atoms with E-state index in [-0.39, 0.29) is 6.04 Å². The van der Waals surface area contributed by atoms with E-state index in [4.69, 9.17) is 0 Å². The molecule has 1 unspecified atom stereocenters. The lowest BCUT2D eigenvalue weighted by atomic mass is 10.1. The zero-order valence-electron chi connectivity index (χ0n) is 12.8. The Morgan fingerprint density at radius 3 is 2.43 bits per heavy atom. The van der Waals surface area contributed by atoms with Crippen molar-refractivity contribution in [1.29, 1.82) is 0 Å². The largest absolute Gasteiger partial charge is 0.334 e. The van der Waals surface area contributed by atoms with Gasteiger partial charge in [0.1, 0.15) is 0 Å². The highest BCUT2D eigenvalue weighted by Gasteiger charge is 2.13. The maximum absolute atomic E-state index is 3.96. The van der Waals surface area contributed by atoms with Crippen LogP contribution in [-0.4, -0.2) is 4.57 Å². The number of hydrogen-bond donors (Lipinski definition) is 0. The Bertz CT molecular complexity index is 900. The van der Waals surface area contributed by atoms with Crippen molar-refractivity contribution < 1.29 is 0 Å². The summed E-state index contributed by atoms with van der Waals surface area (Å²) in [6, 6.07) is 13.3. The number of benzene rings is 2. The summed E-state index contributed by atoms with van der Waals surface area (Å²) in [6.07, 6.45) is 1.99. The van der Waals surface area contributed by atoms with E-state index < -0.39 is 0 Å². The highest BCUT2D eigenvalue weighted by Crippen LogP contribution is 2.33. The first-order valence-corrected chi connectivity index (χ1v) is 7.25. The summed E-state index contributed by atoms with van der Waals surface area (Å²) in [4.78, 5) is 0. The lowest BCUT2D eigenvalue weighted by Gasteiger charge is -2.13. The summed E-state index contributed by atoms with van der Waals surface area (Å²) >= 11 is 0. The fourth-order valence-corrected chi connectivity index (χ4v) is 2.92. The lowest BCUT2D eigenvalue weighted by molar-refractivity contribution is 0.712. The minimum absolute atomic E-state index is 0.247. The van der Waals surface area contributed by atoms with E-state index in [0.717, 1.165) is 5.56 Å². The van der Waals surface area contributed by atoms with Crippen molar-refractivity contribution in [1.82, 2.24) is 4.57 Å². The van der Waals surface area contributed by atoms with E-state index in [1.807, 2.05) is 13.0 Å². The van der Waals surface area contributed by atoms with Gasteiger partial charge in [-0.2, -0.15) is 0 Å². The van der Waals surface area contributed by atoms with Gasteiger partial charge in [0.05, 0.1) is 5.52 Å². The topological polar surface area (TPSA) is 4.93 Å². The number of aromatic nitrogens is 1. The van der Waals surface area contributed by atoms with Crippen molar-refractivity contribution in [2.45, 2.75) is 26.8 Å². The van der Waals surface area contributed by atoms with Crippen LogP contribution in [0.2, 0.25) is 0 Å². The standard InChI is InChI=1S/C20H19N/c1-5-7-16-9-11-18-17-10-8-14(3)12-19(17)21(15(4)6-2)20(18)13-16/h6,8-13,15H,2H2,1,3-4H3. The summed E-state index contributed by atoms with van der Waals surface area (Å²) in [7, 11) is 0. The minimum Gasteiger partial charge on any atom is -0.334 e. The number of nitrogens with zero attached hydrogens (tertiary/aromatic N) is 1. The maximum atomic E-state index is 3.96. The molecule has 0 saturated carbocycles. The van der Waals surface area contributed by atoms with E-state index in [0.29, 0.717) is 0 Å². The normalized spacial score (nSPS) is 12.1. The molecule has 2 aromatic carbocycles. The third-order valence-corrected chi connectivity index (χ3v) is 3.98. The lowest BCUT2D eigenvalue weighted by Crippen LogP contribution is -2.01. The van der Waals surface area contributed by atoms with Crippen molar-refractivity contribution in [3.8, 4) is 11.8 Å². The zero-order chi connectivity index (χ0) is 15.0. The van der Waals surface area contributed by atoms with Crippen LogP contribution in [0.15, 0.2) is 49.1 Å². The molecule has 1 heteroatoms. The van der Waals surface area contributed by atoms with Crippen LogP contribution in [0.4, 0.5) is 0 Å². The molecule has 0 spiro atoms. The van der Waals surface area contributed by atoms with Crippen LogP contribution in [0.1, 0.15) is 31.0 Å². The van der Waals surface area contributed by atoms with Crippen molar-refractivity contribution in [3.63, 3.8) is 0 Å². The first-order chi connectivity index (χ1) is 10.2. The average Bonchev–Trinajstić information content (AvgIpc) is 2.79. The van der Waals surface area contributed by atoms with E-state index in [1.54, 1.807) is 0 Å². The van der Waals surface area contributed by atoms with Gasteiger partial charge >= 0.3 is 0 Å². The van der Waals surface area contributed by atoms with Crippen LogP contribution in [0.25, 0.3) is 21.8 Å². The molecule has 0 aliphatic carbocycles. The summed E-state index contributed by atoms with van der Waals surface area (Å²) in [5.74, 6) is 6.13. The molecular formula is C20H19N. The van der Waals surface area contributed by atoms with Crippen molar-refractivity contribution >= 4 is 21.8 Å². The second-order valence-corrected chi connectivity index (χ2v) is 5.47.